The number of carbonyl (C=O) groups is 1. The molecule has 0 saturated carbocycles. The van der Waals surface area contributed by atoms with Crippen molar-refractivity contribution in [1.82, 2.24) is 10.2 Å². The molecule has 3 rings (SSSR count). The predicted molar refractivity (Wildman–Crippen MR) is 103 cm³/mol. The highest BCUT2D eigenvalue weighted by Crippen LogP contribution is 2.26. The zero-order valence-electron chi connectivity index (χ0n) is 14.1. The molecule has 2 aromatic rings. The van der Waals surface area contributed by atoms with Crippen LogP contribution in [0.2, 0.25) is 10.0 Å². The van der Waals surface area contributed by atoms with Gasteiger partial charge in [-0.05, 0) is 61.3 Å². The maximum atomic E-state index is 12.3. The minimum absolute atomic E-state index is 0.0218. The first-order valence-corrected chi connectivity index (χ1v) is 9.38. The van der Waals surface area contributed by atoms with Crippen molar-refractivity contribution in [3.63, 3.8) is 0 Å². The van der Waals surface area contributed by atoms with Crippen molar-refractivity contribution >= 4 is 29.1 Å². The lowest BCUT2D eigenvalue weighted by Gasteiger charge is -2.28. The number of nitrogens with zero attached hydrogens (tertiary/aromatic N) is 1. The molecule has 1 fully saturated rings. The monoisotopic (exact) mass is 376 g/mol. The largest absolute Gasteiger partial charge is 0.354 e. The van der Waals surface area contributed by atoms with E-state index in [2.05, 4.69) is 16.3 Å². The van der Waals surface area contributed by atoms with E-state index in [4.69, 9.17) is 23.2 Å². The lowest BCUT2D eigenvalue weighted by atomic mass is 10.1. The van der Waals surface area contributed by atoms with Gasteiger partial charge in [0.2, 0.25) is 5.91 Å². The second kappa shape index (κ2) is 8.70. The molecule has 132 valence electrons. The van der Waals surface area contributed by atoms with Crippen LogP contribution in [0.3, 0.4) is 0 Å². The molecule has 2 aromatic carbocycles. The van der Waals surface area contributed by atoms with E-state index in [1.807, 2.05) is 42.5 Å². The van der Waals surface area contributed by atoms with Gasteiger partial charge in [-0.2, -0.15) is 0 Å². The van der Waals surface area contributed by atoms with Gasteiger partial charge in [-0.3, -0.25) is 9.69 Å². The van der Waals surface area contributed by atoms with Crippen LogP contribution < -0.4 is 5.32 Å². The molecule has 0 bridgehead atoms. The van der Waals surface area contributed by atoms with Gasteiger partial charge in [0.1, 0.15) is 0 Å². The number of rotatable bonds is 6. The molecule has 3 nitrogen and oxygen atoms in total. The Morgan fingerprint density at radius 2 is 1.76 bits per heavy atom. The second-order valence-corrected chi connectivity index (χ2v) is 7.29. The normalized spacial score (nSPS) is 15.9. The van der Waals surface area contributed by atoms with Gasteiger partial charge >= 0.3 is 0 Å². The maximum Gasteiger partial charge on any atom is 0.224 e. The molecule has 0 aromatic heterocycles. The summed E-state index contributed by atoms with van der Waals surface area (Å²) in [5.74, 6) is 0.0218. The lowest BCUT2D eigenvalue weighted by Crippen LogP contribution is -2.37. The number of carbonyl (C=O) groups excluding carboxylic acids is 1. The highest BCUT2D eigenvalue weighted by Gasteiger charge is 2.24. The Morgan fingerprint density at radius 1 is 1.04 bits per heavy atom. The lowest BCUT2D eigenvalue weighted by molar-refractivity contribution is -0.120. The number of hydrogen-bond acceptors (Lipinski definition) is 2. The van der Waals surface area contributed by atoms with Crippen LogP contribution in [-0.4, -0.2) is 30.4 Å². The van der Waals surface area contributed by atoms with Crippen LogP contribution in [0.1, 0.15) is 30.0 Å². The Bertz CT molecular complexity index is 712. The molecule has 1 saturated heterocycles. The van der Waals surface area contributed by atoms with Gasteiger partial charge < -0.3 is 5.32 Å². The molecule has 1 amide bonds. The fourth-order valence-corrected chi connectivity index (χ4v) is 3.61. The zero-order chi connectivity index (χ0) is 17.6. The van der Waals surface area contributed by atoms with Crippen LogP contribution in [0.25, 0.3) is 0 Å². The number of amides is 1. The third-order valence-electron chi connectivity index (χ3n) is 4.59. The van der Waals surface area contributed by atoms with Crippen LogP contribution in [0.4, 0.5) is 0 Å². The van der Waals surface area contributed by atoms with Crippen molar-refractivity contribution < 1.29 is 4.79 Å². The van der Waals surface area contributed by atoms with E-state index in [1.165, 1.54) is 12.8 Å². The minimum atomic E-state index is 0.0218. The third kappa shape index (κ3) is 5.21. The number of hydrogen-bond donors (Lipinski definition) is 1. The molecule has 0 radical (unpaired) electrons. The minimum Gasteiger partial charge on any atom is -0.354 e. The Labute approximate surface area is 158 Å². The van der Waals surface area contributed by atoms with Crippen LogP contribution in [0, 0.1) is 0 Å². The number of halogens is 2. The average molecular weight is 377 g/mol. The summed E-state index contributed by atoms with van der Waals surface area (Å²) < 4.78 is 0. The first-order valence-electron chi connectivity index (χ1n) is 8.62. The zero-order valence-corrected chi connectivity index (χ0v) is 15.6. The maximum absolute atomic E-state index is 12.3. The Kier molecular flexibility index (Phi) is 6.35. The summed E-state index contributed by atoms with van der Waals surface area (Å²) in [5.41, 5.74) is 2.11. The first kappa shape index (κ1) is 18.2. The fraction of sp³-hybridized carbons (Fsp3) is 0.350. The summed E-state index contributed by atoms with van der Waals surface area (Å²) in [4.78, 5) is 14.8. The molecule has 25 heavy (non-hydrogen) atoms. The van der Waals surface area contributed by atoms with Gasteiger partial charge in [-0.15, -0.1) is 0 Å². The van der Waals surface area contributed by atoms with Crippen molar-refractivity contribution in [3.05, 3.63) is 69.7 Å². The van der Waals surface area contributed by atoms with Crippen LogP contribution >= 0.6 is 23.2 Å². The fourth-order valence-electron chi connectivity index (χ4n) is 3.29. The van der Waals surface area contributed by atoms with Crippen LogP contribution in [0.15, 0.2) is 48.5 Å². The first-order chi connectivity index (χ1) is 12.1. The highest BCUT2D eigenvalue weighted by molar-refractivity contribution is 6.30. The molecule has 1 N–H and O–H groups in total. The van der Waals surface area contributed by atoms with Gasteiger partial charge in [0.05, 0.1) is 12.5 Å². The van der Waals surface area contributed by atoms with Crippen molar-refractivity contribution in [1.29, 1.82) is 0 Å². The average Bonchev–Trinajstić information content (AvgIpc) is 3.12. The van der Waals surface area contributed by atoms with E-state index >= 15 is 0 Å². The second-order valence-electron chi connectivity index (χ2n) is 6.42. The quantitative estimate of drug-likeness (QED) is 0.805. The molecule has 1 heterocycles. The number of likely N-dealkylation sites (tertiary alicyclic amines) is 1. The third-order valence-corrected chi connectivity index (χ3v) is 5.07. The summed E-state index contributed by atoms with van der Waals surface area (Å²) in [6.45, 7) is 2.71. The Hall–Kier alpha value is -1.55. The van der Waals surface area contributed by atoms with Gasteiger partial charge in [0, 0.05) is 16.6 Å². The van der Waals surface area contributed by atoms with Gasteiger partial charge in [-0.25, -0.2) is 0 Å². The topological polar surface area (TPSA) is 32.3 Å². The van der Waals surface area contributed by atoms with Crippen molar-refractivity contribution in [2.24, 2.45) is 0 Å². The highest BCUT2D eigenvalue weighted by atomic mass is 35.5. The van der Waals surface area contributed by atoms with Crippen molar-refractivity contribution in [3.8, 4) is 0 Å². The molecule has 1 aliphatic heterocycles. The number of nitrogens with one attached hydrogen (secondary N) is 1. The molecular formula is C20H22Cl2N2O. The van der Waals surface area contributed by atoms with E-state index in [9.17, 15) is 4.79 Å². The predicted octanol–water partition coefficient (Wildman–Crippen LogP) is 4.49. The van der Waals surface area contributed by atoms with Crippen molar-refractivity contribution in [2.45, 2.75) is 25.3 Å². The van der Waals surface area contributed by atoms with E-state index < -0.39 is 0 Å². The van der Waals surface area contributed by atoms with Gasteiger partial charge in [-0.1, -0.05) is 47.5 Å². The van der Waals surface area contributed by atoms with Crippen LogP contribution in [0.5, 0.6) is 0 Å². The number of benzene rings is 2. The van der Waals surface area contributed by atoms with E-state index in [-0.39, 0.29) is 11.9 Å². The molecule has 0 aliphatic carbocycles. The Morgan fingerprint density at radius 3 is 2.44 bits per heavy atom. The molecule has 1 atom stereocenters. The molecule has 5 heteroatoms. The Balaban J connectivity index is 1.63. The summed E-state index contributed by atoms with van der Waals surface area (Å²) in [6.07, 6.45) is 2.77. The molecular weight excluding hydrogens is 355 g/mol. The molecule has 1 unspecified atom stereocenters. The summed E-state index contributed by atoms with van der Waals surface area (Å²) in [7, 11) is 0. The summed E-state index contributed by atoms with van der Waals surface area (Å²) >= 11 is 12.0. The SMILES string of the molecule is O=C(Cc1ccc(Cl)cc1)NCC(c1cccc(Cl)c1)N1CCCC1. The molecule has 0 spiro atoms. The summed E-state index contributed by atoms with van der Waals surface area (Å²) in [6, 6.07) is 15.5. The standard InChI is InChI=1S/C20H22Cl2N2O/c21-17-8-6-15(7-9-17)12-20(25)23-14-19(24-10-1-2-11-24)16-4-3-5-18(22)13-16/h3-9,13,19H,1-2,10-12,14H2,(H,23,25). The van der Waals surface area contributed by atoms with Crippen molar-refractivity contribution in [2.75, 3.05) is 19.6 Å². The van der Waals surface area contributed by atoms with Gasteiger partial charge in [0.25, 0.3) is 0 Å². The smallest absolute Gasteiger partial charge is 0.224 e. The van der Waals surface area contributed by atoms with E-state index in [0.29, 0.717) is 18.0 Å². The van der Waals surface area contributed by atoms with Gasteiger partial charge in [0.15, 0.2) is 0 Å². The van der Waals surface area contributed by atoms with Crippen LogP contribution in [-0.2, 0) is 11.2 Å². The van der Waals surface area contributed by atoms with E-state index in [1.54, 1.807) is 0 Å². The summed E-state index contributed by atoms with van der Waals surface area (Å²) in [5, 5.41) is 4.49. The van der Waals surface area contributed by atoms with E-state index in [0.717, 1.165) is 29.2 Å². The molecule has 1 aliphatic rings.